The predicted molar refractivity (Wildman–Crippen MR) is 89.6 cm³/mol. The zero-order valence-corrected chi connectivity index (χ0v) is 13.4. The van der Waals surface area contributed by atoms with Crippen LogP contribution in [0, 0.1) is 17.0 Å². The number of nitrogens with zero attached hydrogens (tertiary/aromatic N) is 3. The number of aryl methyl sites for hydroxylation is 1. The maximum Gasteiger partial charge on any atom is 0.271 e. The summed E-state index contributed by atoms with van der Waals surface area (Å²) in [4.78, 5) is 27.6. The summed E-state index contributed by atoms with van der Waals surface area (Å²) >= 11 is 0. The number of aromatic nitrogens is 2. The molecule has 1 amide bonds. The van der Waals surface area contributed by atoms with E-state index in [4.69, 9.17) is 4.52 Å². The van der Waals surface area contributed by atoms with Gasteiger partial charge in [-0.3, -0.25) is 14.9 Å². The minimum absolute atomic E-state index is 0.0856. The van der Waals surface area contributed by atoms with Gasteiger partial charge in [0.25, 0.3) is 17.3 Å². The highest BCUT2D eigenvalue weighted by atomic mass is 16.6. The molecule has 25 heavy (non-hydrogen) atoms. The van der Waals surface area contributed by atoms with Crippen molar-refractivity contribution in [2.24, 2.45) is 0 Å². The molecule has 1 aliphatic carbocycles. The van der Waals surface area contributed by atoms with Gasteiger partial charge in [-0.25, -0.2) is 4.98 Å². The van der Waals surface area contributed by atoms with Gasteiger partial charge in [-0.2, -0.15) is 0 Å². The van der Waals surface area contributed by atoms with E-state index >= 15 is 0 Å². The number of nitro groups is 1. The van der Waals surface area contributed by atoms with Crippen molar-refractivity contribution < 1.29 is 14.2 Å². The third-order valence-electron chi connectivity index (χ3n) is 4.19. The summed E-state index contributed by atoms with van der Waals surface area (Å²) in [5.74, 6) is -0.0275. The monoisotopic (exact) mass is 338 g/mol. The van der Waals surface area contributed by atoms with E-state index in [0.29, 0.717) is 34.0 Å². The number of fused-ring (bicyclic) bond motifs is 1. The highest BCUT2D eigenvalue weighted by Gasteiger charge is 2.28. The SMILES string of the molecule is Cc1noc2nc(C3CC3)cc(C(=O)Nc3cccc([N+](=O)[O-])c3)c12. The quantitative estimate of drug-likeness (QED) is 0.575. The zero-order chi connectivity index (χ0) is 17.6. The standard InChI is InChI=1S/C17H14N4O4/c1-9-15-13(8-14(10-5-6-10)19-17(15)25-20-9)16(22)18-11-3-2-4-12(7-11)21(23)24/h2-4,7-8,10H,5-6H2,1H3,(H,18,22). The van der Waals surface area contributed by atoms with E-state index in [1.807, 2.05) is 0 Å². The number of carbonyl (C=O) groups excluding carboxylic acids is 1. The predicted octanol–water partition coefficient (Wildman–Crippen LogP) is 3.57. The summed E-state index contributed by atoms with van der Waals surface area (Å²) in [7, 11) is 0. The minimum atomic E-state index is -0.504. The molecule has 2 aromatic heterocycles. The molecule has 126 valence electrons. The molecule has 1 aliphatic rings. The molecule has 1 N–H and O–H groups in total. The van der Waals surface area contributed by atoms with Gasteiger partial charge in [0.1, 0.15) is 0 Å². The van der Waals surface area contributed by atoms with E-state index in [2.05, 4.69) is 15.5 Å². The number of anilines is 1. The fraction of sp³-hybridized carbons (Fsp3) is 0.235. The van der Waals surface area contributed by atoms with Crippen molar-refractivity contribution in [3.63, 3.8) is 0 Å². The molecule has 0 bridgehead atoms. The first-order valence-corrected chi connectivity index (χ1v) is 7.85. The molecule has 1 aromatic carbocycles. The number of hydrogen-bond acceptors (Lipinski definition) is 6. The Kier molecular flexibility index (Phi) is 3.45. The molecule has 0 aliphatic heterocycles. The molecule has 2 heterocycles. The Balaban J connectivity index is 1.73. The molecule has 8 nitrogen and oxygen atoms in total. The molecule has 1 fully saturated rings. The molecule has 4 rings (SSSR count). The van der Waals surface area contributed by atoms with Crippen molar-refractivity contribution >= 4 is 28.4 Å². The Hall–Kier alpha value is -3.29. The molecule has 3 aromatic rings. The van der Waals surface area contributed by atoms with Crippen LogP contribution in [-0.2, 0) is 0 Å². The molecule has 0 spiro atoms. The molecule has 8 heteroatoms. The summed E-state index contributed by atoms with van der Waals surface area (Å²) in [6.07, 6.45) is 2.08. The first-order chi connectivity index (χ1) is 12.0. The number of nitrogens with one attached hydrogen (secondary N) is 1. The number of non-ortho nitro benzene ring substituents is 1. The van der Waals surface area contributed by atoms with Crippen LogP contribution in [-0.4, -0.2) is 21.0 Å². The second-order valence-electron chi connectivity index (χ2n) is 6.08. The van der Waals surface area contributed by atoms with Crippen molar-refractivity contribution in [1.82, 2.24) is 10.1 Å². The van der Waals surface area contributed by atoms with Gasteiger partial charge in [-0.15, -0.1) is 0 Å². The van der Waals surface area contributed by atoms with E-state index in [1.165, 1.54) is 18.2 Å². The summed E-state index contributed by atoms with van der Waals surface area (Å²) < 4.78 is 5.23. The lowest BCUT2D eigenvalue weighted by Crippen LogP contribution is -2.13. The molecule has 0 radical (unpaired) electrons. The Morgan fingerprint density at radius 3 is 2.88 bits per heavy atom. The van der Waals surface area contributed by atoms with Crippen LogP contribution in [0.1, 0.15) is 40.5 Å². The van der Waals surface area contributed by atoms with Crippen molar-refractivity contribution in [2.75, 3.05) is 5.32 Å². The van der Waals surface area contributed by atoms with E-state index in [-0.39, 0.29) is 11.6 Å². The van der Waals surface area contributed by atoms with Gasteiger partial charge in [-0.05, 0) is 31.9 Å². The fourth-order valence-electron chi connectivity index (χ4n) is 2.78. The minimum Gasteiger partial charge on any atom is -0.336 e. The first kappa shape index (κ1) is 15.3. The van der Waals surface area contributed by atoms with E-state index in [1.54, 1.807) is 19.1 Å². The fourth-order valence-corrected chi connectivity index (χ4v) is 2.78. The summed E-state index contributed by atoms with van der Waals surface area (Å²) in [5, 5.41) is 18.1. The van der Waals surface area contributed by atoms with Crippen molar-refractivity contribution in [2.45, 2.75) is 25.7 Å². The smallest absolute Gasteiger partial charge is 0.271 e. The number of pyridine rings is 1. The van der Waals surface area contributed by atoms with Gasteiger partial charge in [0.05, 0.1) is 21.6 Å². The van der Waals surface area contributed by atoms with Gasteiger partial charge >= 0.3 is 0 Å². The van der Waals surface area contributed by atoms with Crippen molar-refractivity contribution in [1.29, 1.82) is 0 Å². The molecular weight excluding hydrogens is 324 g/mol. The molecule has 0 unspecified atom stereocenters. The van der Waals surface area contributed by atoms with Gasteiger partial charge in [0.15, 0.2) is 0 Å². The summed E-state index contributed by atoms with van der Waals surface area (Å²) in [5.41, 5.74) is 2.41. The molecule has 1 saturated carbocycles. The number of hydrogen-bond donors (Lipinski definition) is 1. The lowest BCUT2D eigenvalue weighted by Gasteiger charge is -2.08. The van der Waals surface area contributed by atoms with Crippen molar-refractivity contribution in [3.8, 4) is 0 Å². The van der Waals surface area contributed by atoms with Gasteiger partial charge < -0.3 is 9.84 Å². The third kappa shape index (κ3) is 2.82. The highest BCUT2D eigenvalue weighted by Crippen LogP contribution is 2.40. The van der Waals surface area contributed by atoms with Gasteiger partial charge in [0.2, 0.25) is 0 Å². The number of rotatable bonds is 4. The molecule has 0 saturated heterocycles. The molecule has 0 atom stereocenters. The second kappa shape index (κ2) is 5.66. The topological polar surface area (TPSA) is 111 Å². The summed E-state index contributed by atoms with van der Waals surface area (Å²) in [6.45, 7) is 1.74. The Labute approximate surface area is 142 Å². The maximum absolute atomic E-state index is 12.8. The van der Waals surface area contributed by atoms with Crippen LogP contribution in [0.15, 0.2) is 34.9 Å². The average molecular weight is 338 g/mol. The normalized spacial score (nSPS) is 13.8. The average Bonchev–Trinajstić information content (AvgIpc) is 3.38. The second-order valence-corrected chi connectivity index (χ2v) is 6.08. The number of amides is 1. The third-order valence-corrected chi connectivity index (χ3v) is 4.19. The highest BCUT2D eigenvalue weighted by molar-refractivity contribution is 6.12. The van der Waals surface area contributed by atoms with Crippen molar-refractivity contribution in [3.05, 3.63) is 57.4 Å². The van der Waals surface area contributed by atoms with Crippen LogP contribution in [0.4, 0.5) is 11.4 Å². The number of carbonyl (C=O) groups is 1. The van der Waals surface area contributed by atoms with E-state index < -0.39 is 4.92 Å². The maximum atomic E-state index is 12.8. The zero-order valence-electron chi connectivity index (χ0n) is 13.4. The molecular formula is C17H14N4O4. The van der Waals surface area contributed by atoms with Crippen LogP contribution >= 0.6 is 0 Å². The van der Waals surface area contributed by atoms with Crippen LogP contribution in [0.3, 0.4) is 0 Å². The first-order valence-electron chi connectivity index (χ1n) is 7.85. The van der Waals surface area contributed by atoms with Gasteiger partial charge in [-0.1, -0.05) is 11.2 Å². The largest absolute Gasteiger partial charge is 0.336 e. The van der Waals surface area contributed by atoms with Crippen LogP contribution in [0.5, 0.6) is 0 Å². The number of benzene rings is 1. The Bertz CT molecular complexity index is 1010. The van der Waals surface area contributed by atoms with Crippen LogP contribution in [0.2, 0.25) is 0 Å². The van der Waals surface area contributed by atoms with E-state index in [0.717, 1.165) is 18.5 Å². The van der Waals surface area contributed by atoms with Crippen LogP contribution < -0.4 is 5.32 Å². The Morgan fingerprint density at radius 2 is 2.16 bits per heavy atom. The summed E-state index contributed by atoms with van der Waals surface area (Å²) in [6, 6.07) is 7.58. The van der Waals surface area contributed by atoms with Crippen LogP contribution in [0.25, 0.3) is 11.1 Å². The number of nitro benzene ring substituents is 1. The van der Waals surface area contributed by atoms with E-state index in [9.17, 15) is 14.9 Å². The Morgan fingerprint density at radius 1 is 1.36 bits per heavy atom. The lowest BCUT2D eigenvalue weighted by atomic mass is 10.1. The van der Waals surface area contributed by atoms with Gasteiger partial charge in [0, 0.05) is 29.4 Å². The lowest BCUT2D eigenvalue weighted by molar-refractivity contribution is -0.384.